The van der Waals surface area contributed by atoms with Gasteiger partial charge in [-0.05, 0) is 39.8 Å². The van der Waals surface area contributed by atoms with E-state index in [1.54, 1.807) is 12.4 Å². The Morgan fingerprint density at radius 3 is 2.65 bits per heavy atom. The van der Waals surface area contributed by atoms with Gasteiger partial charge in [-0.1, -0.05) is 0 Å². The van der Waals surface area contributed by atoms with Crippen molar-refractivity contribution >= 4 is 33.5 Å². The van der Waals surface area contributed by atoms with E-state index in [0.29, 0.717) is 10.7 Å². The number of aromatic nitrogens is 3. The summed E-state index contributed by atoms with van der Waals surface area (Å²) in [7, 11) is 0. The smallest absolute Gasteiger partial charge is 0.144 e. The first kappa shape index (κ1) is 12.0. The minimum Gasteiger partial charge on any atom is -0.382 e. The van der Waals surface area contributed by atoms with Gasteiger partial charge in [0.15, 0.2) is 0 Å². The Morgan fingerprint density at radius 1 is 1.24 bits per heavy atom. The maximum atomic E-state index is 7.41. The second-order valence-corrected chi connectivity index (χ2v) is 4.97. The molecule has 5 nitrogen and oxygen atoms in total. The van der Waals surface area contributed by atoms with Gasteiger partial charge < -0.3 is 5.73 Å². The summed E-state index contributed by atoms with van der Waals surface area (Å²) < 4.78 is 0.910. The van der Waals surface area contributed by atoms with Gasteiger partial charge in [-0.25, -0.2) is 15.0 Å². The topological polar surface area (TPSA) is 88.5 Å². The number of hydrogen-bond donors (Lipinski definition) is 2. The fraction of sp³-hybridized carbons (Fsp3) is 0. The van der Waals surface area contributed by atoms with E-state index < -0.39 is 0 Å². The van der Waals surface area contributed by atoms with Crippen LogP contribution < -0.4 is 5.73 Å². The van der Waals surface area contributed by atoms with E-state index in [4.69, 9.17) is 11.1 Å². The normalized spacial score (nSPS) is 10.2. The molecule has 0 saturated heterocycles. The summed E-state index contributed by atoms with van der Waals surface area (Å²) >= 11 is 4.64. The van der Waals surface area contributed by atoms with Gasteiger partial charge in [-0.2, -0.15) is 0 Å². The Morgan fingerprint density at radius 2 is 2.00 bits per heavy atom. The third-order valence-corrected chi connectivity index (χ3v) is 3.23. The average molecular weight is 310 g/mol. The van der Waals surface area contributed by atoms with Gasteiger partial charge >= 0.3 is 0 Å². The zero-order valence-electron chi connectivity index (χ0n) is 8.59. The van der Waals surface area contributed by atoms with Crippen molar-refractivity contribution in [3.05, 3.63) is 40.9 Å². The van der Waals surface area contributed by atoms with Crippen molar-refractivity contribution in [2.45, 2.75) is 10.1 Å². The molecule has 0 atom stereocenters. The number of rotatable bonds is 3. The Bertz CT molecular complexity index is 543. The molecule has 0 unspecified atom stereocenters. The highest BCUT2D eigenvalue weighted by atomic mass is 79.9. The van der Waals surface area contributed by atoms with Gasteiger partial charge in [0.05, 0.1) is 0 Å². The van der Waals surface area contributed by atoms with Crippen LogP contribution in [-0.4, -0.2) is 20.8 Å². The van der Waals surface area contributed by atoms with Crippen LogP contribution in [-0.2, 0) is 0 Å². The summed E-state index contributed by atoms with van der Waals surface area (Å²) in [5, 5.41) is 8.76. The second kappa shape index (κ2) is 5.24. The molecule has 0 saturated carbocycles. The van der Waals surface area contributed by atoms with Gasteiger partial charge in [-0.15, -0.1) is 0 Å². The van der Waals surface area contributed by atoms with Gasteiger partial charge in [0, 0.05) is 23.1 Å². The molecule has 0 amide bonds. The largest absolute Gasteiger partial charge is 0.382 e. The van der Waals surface area contributed by atoms with Crippen LogP contribution in [0.15, 0.2) is 45.2 Å². The van der Waals surface area contributed by atoms with Crippen LogP contribution in [0.4, 0.5) is 0 Å². The van der Waals surface area contributed by atoms with E-state index in [2.05, 4.69) is 30.9 Å². The molecule has 0 aliphatic carbocycles. The highest BCUT2D eigenvalue weighted by Gasteiger charge is 2.10. The van der Waals surface area contributed by atoms with Crippen molar-refractivity contribution in [3.63, 3.8) is 0 Å². The summed E-state index contributed by atoms with van der Waals surface area (Å²) in [6.07, 6.45) is 4.77. The van der Waals surface area contributed by atoms with E-state index in [-0.39, 0.29) is 5.84 Å². The van der Waals surface area contributed by atoms with Crippen LogP contribution in [0.3, 0.4) is 0 Å². The molecule has 3 N–H and O–H groups in total. The Kier molecular flexibility index (Phi) is 3.70. The monoisotopic (exact) mass is 309 g/mol. The minimum atomic E-state index is -0.0993. The van der Waals surface area contributed by atoms with Crippen molar-refractivity contribution in [1.82, 2.24) is 15.0 Å². The molecule has 2 aromatic rings. The Labute approximate surface area is 111 Å². The third-order valence-electron chi connectivity index (χ3n) is 1.82. The van der Waals surface area contributed by atoms with Crippen molar-refractivity contribution < 1.29 is 0 Å². The van der Waals surface area contributed by atoms with Gasteiger partial charge in [0.25, 0.3) is 0 Å². The molecular weight excluding hydrogens is 302 g/mol. The lowest BCUT2D eigenvalue weighted by molar-refractivity contribution is 1.02. The molecule has 2 heterocycles. The van der Waals surface area contributed by atoms with E-state index in [1.165, 1.54) is 18.0 Å². The Hall–Kier alpha value is -1.47. The van der Waals surface area contributed by atoms with E-state index in [1.807, 2.05) is 12.1 Å². The zero-order valence-corrected chi connectivity index (χ0v) is 11.0. The fourth-order valence-electron chi connectivity index (χ4n) is 1.11. The standard InChI is InChI=1S/C10H8BrN5S/c11-6-1-2-7(16-5-6)17-10-8(9(12)13)14-3-4-15-10/h1-5H,(H3,12,13). The number of nitrogen functional groups attached to an aromatic ring is 1. The lowest BCUT2D eigenvalue weighted by Crippen LogP contribution is -2.15. The van der Waals surface area contributed by atoms with Crippen LogP contribution in [0.1, 0.15) is 5.69 Å². The predicted octanol–water partition coefficient (Wildman–Crippen LogP) is 2.07. The first-order valence-corrected chi connectivity index (χ1v) is 6.22. The molecule has 0 spiro atoms. The van der Waals surface area contributed by atoms with Gasteiger partial charge in [0.2, 0.25) is 0 Å². The SMILES string of the molecule is N=C(N)c1nccnc1Sc1ccc(Br)cn1. The third kappa shape index (κ3) is 3.01. The lowest BCUT2D eigenvalue weighted by atomic mass is 10.4. The van der Waals surface area contributed by atoms with Crippen LogP contribution >= 0.6 is 27.7 Å². The number of nitrogens with one attached hydrogen (secondary N) is 1. The molecule has 7 heteroatoms. The highest BCUT2D eigenvalue weighted by Crippen LogP contribution is 2.26. The quantitative estimate of drug-likeness (QED) is 0.669. The van der Waals surface area contributed by atoms with Crippen LogP contribution in [0, 0.1) is 5.41 Å². The molecule has 17 heavy (non-hydrogen) atoms. The van der Waals surface area contributed by atoms with Crippen LogP contribution in [0.2, 0.25) is 0 Å². The number of nitrogens with two attached hydrogens (primary N) is 1. The molecule has 0 aromatic carbocycles. The van der Waals surface area contributed by atoms with Crippen LogP contribution in [0.25, 0.3) is 0 Å². The van der Waals surface area contributed by atoms with E-state index in [0.717, 1.165) is 9.50 Å². The van der Waals surface area contributed by atoms with Crippen molar-refractivity contribution in [3.8, 4) is 0 Å². The highest BCUT2D eigenvalue weighted by molar-refractivity contribution is 9.10. The van der Waals surface area contributed by atoms with E-state index in [9.17, 15) is 0 Å². The number of hydrogen-bond acceptors (Lipinski definition) is 5. The van der Waals surface area contributed by atoms with Gasteiger partial charge in [0.1, 0.15) is 21.6 Å². The van der Waals surface area contributed by atoms with Crippen molar-refractivity contribution in [1.29, 1.82) is 5.41 Å². The minimum absolute atomic E-state index is 0.0993. The molecule has 86 valence electrons. The molecule has 2 rings (SSSR count). The predicted molar refractivity (Wildman–Crippen MR) is 69.1 cm³/mol. The molecule has 0 aliphatic heterocycles. The average Bonchev–Trinajstić information content (AvgIpc) is 2.32. The van der Waals surface area contributed by atoms with Gasteiger partial charge in [-0.3, -0.25) is 5.41 Å². The molecule has 2 aromatic heterocycles. The maximum Gasteiger partial charge on any atom is 0.144 e. The van der Waals surface area contributed by atoms with Crippen LogP contribution in [0.5, 0.6) is 0 Å². The Balaban J connectivity index is 2.30. The fourth-order valence-corrected chi connectivity index (χ4v) is 2.15. The molecule has 0 bridgehead atoms. The number of pyridine rings is 1. The van der Waals surface area contributed by atoms with E-state index >= 15 is 0 Å². The number of halogens is 1. The molecule has 0 radical (unpaired) electrons. The summed E-state index contributed by atoms with van der Waals surface area (Å²) in [4.78, 5) is 12.4. The summed E-state index contributed by atoms with van der Waals surface area (Å²) in [6.45, 7) is 0. The second-order valence-electron chi connectivity index (χ2n) is 3.04. The molecule has 0 fully saturated rings. The summed E-state index contributed by atoms with van der Waals surface area (Å²) in [5.41, 5.74) is 5.81. The first-order chi connectivity index (χ1) is 8.16. The summed E-state index contributed by atoms with van der Waals surface area (Å²) in [6, 6.07) is 3.74. The zero-order chi connectivity index (χ0) is 12.3. The van der Waals surface area contributed by atoms with Crippen molar-refractivity contribution in [2.75, 3.05) is 0 Å². The number of amidine groups is 1. The first-order valence-electron chi connectivity index (χ1n) is 4.61. The number of nitrogens with zero attached hydrogens (tertiary/aromatic N) is 3. The lowest BCUT2D eigenvalue weighted by Gasteiger charge is -2.04. The van der Waals surface area contributed by atoms with Crippen molar-refractivity contribution in [2.24, 2.45) is 5.73 Å². The maximum absolute atomic E-state index is 7.41. The molecule has 0 aliphatic rings. The summed E-state index contributed by atoms with van der Waals surface area (Å²) in [5.74, 6) is -0.0993. The molecular formula is C10H8BrN5S.